The Hall–Kier alpha value is -4.58. The molecule has 0 aliphatic rings. The predicted octanol–water partition coefficient (Wildman–Crippen LogP) is 6.80. The summed E-state index contributed by atoms with van der Waals surface area (Å²) in [6, 6.07) is 23.3. The van der Waals surface area contributed by atoms with Crippen molar-refractivity contribution in [2.24, 2.45) is 0 Å². The van der Waals surface area contributed by atoms with E-state index in [-0.39, 0.29) is 16.9 Å². The highest BCUT2D eigenvalue weighted by Crippen LogP contribution is 2.30. The zero-order valence-corrected chi connectivity index (χ0v) is 24.8. The zero-order chi connectivity index (χ0) is 29.3. The number of thiazole rings is 1. The van der Waals surface area contributed by atoms with Gasteiger partial charge in [-0.2, -0.15) is 0 Å². The second kappa shape index (κ2) is 13.9. The Morgan fingerprint density at radius 3 is 2.43 bits per heavy atom. The molecule has 3 aromatic heterocycles. The first-order valence-corrected chi connectivity index (χ1v) is 15.4. The molecule has 5 aromatic rings. The van der Waals surface area contributed by atoms with Crippen LogP contribution in [0, 0.1) is 0 Å². The van der Waals surface area contributed by atoms with Crippen molar-refractivity contribution < 1.29 is 14.4 Å². The first-order chi connectivity index (χ1) is 20.4. The number of aromatic nitrogens is 2. The molecule has 0 bridgehead atoms. The van der Waals surface area contributed by atoms with Gasteiger partial charge in [0.15, 0.2) is 5.13 Å². The third-order valence-corrected chi connectivity index (χ3v) is 8.59. The lowest BCUT2D eigenvalue weighted by Gasteiger charge is -2.13. The number of carbonyl (C=O) groups is 3. The van der Waals surface area contributed by atoms with Crippen LogP contribution >= 0.6 is 34.4 Å². The van der Waals surface area contributed by atoms with Crippen LogP contribution in [-0.4, -0.2) is 32.9 Å². The smallest absolute Gasteiger partial charge is 0.272 e. The van der Waals surface area contributed by atoms with Crippen molar-refractivity contribution in [3.8, 4) is 10.6 Å². The van der Waals surface area contributed by atoms with Crippen LogP contribution in [0.3, 0.4) is 0 Å². The van der Waals surface area contributed by atoms with E-state index in [2.05, 4.69) is 25.9 Å². The molecule has 0 saturated carbocycles. The fraction of sp³-hybridized carbons (Fsp3) is 0.0645. The number of amides is 3. The number of thioether (sulfide) groups is 1. The lowest BCUT2D eigenvalue weighted by molar-refractivity contribution is -0.115. The Balaban J connectivity index is 1.20. The van der Waals surface area contributed by atoms with Crippen molar-refractivity contribution in [3.05, 3.63) is 119 Å². The molecule has 5 rings (SSSR count). The van der Waals surface area contributed by atoms with Crippen LogP contribution in [0.4, 0.5) is 10.8 Å². The largest absolute Gasteiger partial charge is 0.321 e. The molecule has 11 heteroatoms. The van der Waals surface area contributed by atoms with E-state index in [0.717, 1.165) is 15.5 Å². The molecule has 0 spiro atoms. The molecule has 0 aliphatic carbocycles. The van der Waals surface area contributed by atoms with Gasteiger partial charge in [-0.15, -0.1) is 34.4 Å². The van der Waals surface area contributed by atoms with Gasteiger partial charge < -0.3 is 16.0 Å². The number of hydrogen-bond donors (Lipinski definition) is 3. The van der Waals surface area contributed by atoms with Crippen LogP contribution in [0.25, 0.3) is 16.6 Å². The first-order valence-electron chi connectivity index (χ1n) is 12.8. The fourth-order valence-corrected chi connectivity index (χ4v) is 6.06. The van der Waals surface area contributed by atoms with E-state index in [9.17, 15) is 14.4 Å². The highest BCUT2D eigenvalue weighted by atomic mass is 32.2. The SMILES string of the molecule is CC(Sc1ccc(NC(=O)/C(=C/c2cccnc2)NC(=O)c2ccccc2)cc1)C(=O)Nc1nc(-c2cccs2)cs1. The molecular formula is C31H25N5O3S3. The van der Waals surface area contributed by atoms with Gasteiger partial charge in [-0.3, -0.25) is 19.4 Å². The van der Waals surface area contributed by atoms with Crippen LogP contribution in [0.1, 0.15) is 22.8 Å². The number of carbonyl (C=O) groups excluding carboxylic acids is 3. The molecular weight excluding hydrogens is 587 g/mol. The average Bonchev–Trinajstić information content (AvgIpc) is 3.71. The summed E-state index contributed by atoms with van der Waals surface area (Å²) in [4.78, 5) is 49.3. The lowest BCUT2D eigenvalue weighted by atomic mass is 10.2. The number of anilines is 2. The maximum absolute atomic E-state index is 13.2. The van der Waals surface area contributed by atoms with E-state index < -0.39 is 11.8 Å². The predicted molar refractivity (Wildman–Crippen MR) is 171 cm³/mol. The monoisotopic (exact) mass is 611 g/mol. The van der Waals surface area contributed by atoms with Crippen LogP contribution in [0.15, 0.2) is 113 Å². The second-order valence-corrected chi connectivity index (χ2v) is 12.1. The fourth-order valence-electron chi connectivity index (χ4n) is 3.72. The molecule has 0 fully saturated rings. The normalized spacial score (nSPS) is 11.9. The van der Waals surface area contributed by atoms with Gasteiger partial charge in [-0.1, -0.05) is 30.3 Å². The van der Waals surface area contributed by atoms with Crippen molar-refractivity contribution in [1.29, 1.82) is 0 Å². The quantitative estimate of drug-likeness (QED) is 0.118. The number of benzene rings is 2. The molecule has 1 unspecified atom stereocenters. The summed E-state index contributed by atoms with van der Waals surface area (Å²) in [5.74, 6) is -1.04. The van der Waals surface area contributed by atoms with Crippen molar-refractivity contribution in [2.45, 2.75) is 17.1 Å². The highest BCUT2D eigenvalue weighted by Gasteiger charge is 2.18. The number of hydrogen-bond acceptors (Lipinski definition) is 8. The average molecular weight is 612 g/mol. The van der Waals surface area contributed by atoms with Crippen LogP contribution < -0.4 is 16.0 Å². The summed E-state index contributed by atoms with van der Waals surface area (Å²) in [7, 11) is 0. The van der Waals surface area contributed by atoms with E-state index in [1.165, 1.54) is 23.1 Å². The van der Waals surface area contributed by atoms with E-state index >= 15 is 0 Å². The van der Waals surface area contributed by atoms with Gasteiger partial charge in [-0.05, 0) is 72.5 Å². The first kappa shape index (κ1) is 28.9. The number of rotatable bonds is 10. The van der Waals surface area contributed by atoms with Crippen LogP contribution in [0.2, 0.25) is 0 Å². The molecule has 8 nitrogen and oxygen atoms in total. The molecule has 42 heavy (non-hydrogen) atoms. The van der Waals surface area contributed by atoms with Gasteiger partial charge in [0, 0.05) is 33.9 Å². The summed E-state index contributed by atoms with van der Waals surface area (Å²) >= 11 is 4.39. The van der Waals surface area contributed by atoms with Crippen LogP contribution in [-0.2, 0) is 9.59 Å². The Labute approximate surface area is 255 Å². The van der Waals surface area contributed by atoms with Crippen molar-refractivity contribution in [1.82, 2.24) is 15.3 Å². The van der Waals surface area contributed by atoms with Gasteiger partial charge in [-0.25, -0.2) is 4.98 Å². The Kier molecular flexibility index (Phi) is 9.55. The number of thiophene rings is 1. The molecule has 3 heterocycles. The molecule has 210 valence electrons. The van der Waals surface area contributed by atoms with E-state index in [1.54, 1.807) is 78.3 Å². The third-order valence-electron chi connectivity index (χ3n) is 5.83. The minimum absolute atomic E-state index is 0.0741. The van der Waals surface area contributed by atoms with Gasteiger partial charge in [0.25, 0.3) is 11.8 Å². The molecule has 2 aromatic carbocycles. The van der Waals surface area contributed by atoms with Gasteiger partial charge in [0.2, 0.25) is 5.91 Å². The summed E-state index contributed by atoms with van der Waals surface area (Å²) < 4.78 is 0. The maximum Gasteiger partial charge on any atom is 0.272 e. The Bertz CT molecular complexity index is 1690. The highest BCUT2D eigenvalue weighted by molar-refractivity contribution is 8.00. The number of pyridine rings is 1. The number of nitrogens with zero attached hydrogens (tertiary/aromatic N) is 2. The Morgan fingerprint density at radius 1 is 0.905 bits per heavy atom. The molecule has 0 saturated heterocycles. The molecule has 0 aliphatic heterocycles. The van der Waals surface area contributed by atoms with Crippen LogP contribution in [0.5, 0.6) is 0 Å². The van der Waals surface area contributed by atoms with Gasteiger partial charge in [0.1, 0.15) is 5.70 Å². The van der Waals surface area contributed by atoms with E-state index in [4.69, 9.17) is 0 Å². The summed E-state index contributed by atoms with van der Waals surface area (Å²) in [5.41, 5.74) is 2.55. The van der Waals surface area contributed by atoms with Gasteiger partial charge in [0.05, 0.1) is 15.8 Å². The van der Waals surface area contributed by atoms with E-state index in [1.807, 2.05) is 48.0 Å². The third kappa shape index (κ3) is 7.78. The molecule has 3 N–H and O–H groups in total. The Morgan fingerprint density at radius 2 is 1.71 bits per heavy atom. The summed E-state index contributed by atoms with van der Waals surface area (Å²) in [6.07, 6.45) is 4.80. The maximum atomic E-state index is 13.2. The number of nitrogens with one attached hydrogen (secondary N) is 3. The minimum Gasteiger partial charge on any atom is -0.321 e. The van der Waals surface area contributed by atoms with Crippen molar-refractivity contribution in [3.63, 3.8) is 0 Å². The zero-order valence-electron chi connectivity index (χ0n) is 22.3. The standard InChI is InChI=1S/C31H25N5O3S3/c1-20(28(37)36-31-35-26(19-41-31)27-10-6-16-40-27)42-24-13-11-23(12-14-24)33-30(39)25(17-21-7-5-15-32-18-21)34-29(38)22-8-3-2-4-9-22/h2-20H,1H3,(H,33,39)(H,34,38)(H,35,36,37)/b25-17-. The lowest BCUT2D eigenvalue weighted by Crippen LogP contribution is -2.30. The summed E-state index contributed by atoms with van der Waals surface area (Å²) in [6.45, 7) is 1.83. The molecule has 1 atom stereocenters. The molecule has 0 radical (unpaired) electrons. The van der Waals surface area contributed by atoms with Gasteiger partial charge >= 0.3 is 0 Å². The topological polar surface area (TPSA) is 113 Å². The molecule has 3 amide bonds. The summed E-state index contributed by atoms with van der Waals surface area (Å²) in [5, 5.41) is 12.5. The minimum atomic E-state index is -0.485. The second-order valence-electron chi connectivity index (χ2n) is 8.91. The van der Waals surface area contributed by atoms with E-state index in [0.29, 0.717) is 21.9 Å². The van der Waals surface area contributed by atoms with Crippen molar-refractivity contribution in [2.75, 3.05) is 10.6 Å². The van der Waals surface area contributed by atoms with Crippen molar-refractivity contribution >= 4 is 69.1 Å².